The molecule has 2 rings (SSSR count). The summed E-state index contributed by atoms with van der Waals surface area (Å²) in [5.41, 5.74) is 1.66. The number of aromatic nitrogens is 2. The van der Waals surface area contributed by atoms with E-state index in [1.807, 2.05) is 34.7 Å². The summed E-state index contributed by atoms with van der Waals surface area (Å²) in [6, 6.07) is -0.642. The van der Waals surface area contributed by atoms with Crippen molar-refractivity contribution in [2.45, 2.75) is 46.8 Å². The van der Waals surface area contributed by atoms with Gasteiger partial charge in [0, 0.05) is 26.7 Å². The highest BCUT2D eigenvalue weighted by Crippen LogP contribution is 2.24. The summed E-state index contributed by atoms with van der Waals surface area (Å²) in [7, 11) is 3.58. The van der Waals surface area contributed by atoms with Gasteiger partial charge < -0.3 is 15.2 Å². The maximum Gasteiger partial charge on any atom is 0.272 e. The summed E-state index contributed by atoms with van der Waals surface area (Å²) in [4.78, 5) is 31.8. The zero-order chi connectivity index (χ0) is 18.9. The molecular formula is C18H29N5O2. The number of nitrogens with one attached hydrogen (secondary N) is 2. The van der Waals surface area contributed by atoms with Crippen LogP contribution in [0.4, 0.5) is 0 Å². The van der Waals surface area contributed by atoms with Crippen molar-refractivity contribution in [3.05, 3.63) is 23.8 Å². The molecule has 2 N–H and O–H groups in total. The van der Waals surface area contributed by atoms with Crippen LogP contribution in [-0.2, 0) is 17.9 Å². The molecule has 0 spiro atoms. The molecule has 1 aliphatic heterocycles. The molecule has 0 bridgehead atoms. The minimum absolute atomic E-state index is 0.217. The minimum Gasteiger partial charge on any atom is -0.357 e. The maximum absolute atomic E-state index is 12.9. The standard InChI is InChI=1S/C18H29N5O2/c1-11(2)15-20-13(12-10-22(7)8-9-23(12)15)16(24)21-14(17(25)19-6)18(3,4)5/h14H,1,8-10H2,2-7H3,(H,19,25)(H,21,24). The Bertz CT molecular complexity index is 699. The first kappa shape index (κ1) is 19.2. The van der Waals surface area contributed by atoms with Crippen molar-refractivity contribution in [1.82, 2.24) is 25.1 Å². The van der Waals surface area contributed by atoms with E-state index in [-0.39, 0.29) is 11.8 Å². The van der Waals surface area contributed by atoms with E-state index < -0.39 is 11.5 Å². The van der Waals surface area contributed by atoms with Crippen molar-refractivity contribution >= 4 is 17.4 Å². The molecule has 0 saturated carbocycles. The van der Waals surface area contributed by atoms with Crippen LogP contribution in [-0.4, -0.2) is 52.9 Å². The van der Waals surface area contributed by atoms with E-state index in [1.54, 1.807) is 7.05 Å². The fraction of sp³-hybridized carbons (Fsp3) is 0.611. The van der Waals surface area contributed by atoms with Gasteiger partial charge in [0.05, 0.1) is 5.69 Å². The Morgan fingerprint density at radius 3 is 2.44 bits per heavy atom. The molecule has 2 amide bonds. The monoisotopic (exact) mass is 347 g/mol. The number of hydrogen-bond donors (Lipinski definition) is 2. The van der Waals surface area contributed by atoms with E-state index in [9.17, 15) is 9.59 Å². The SMILES string of the molecule is C=C(C)c1nc(C(=O)NC(C(=O)NC)C(C)(C)C)c2n1CCN(C)C2. The minimum atomic E-state index is -0.642. The Morgan fingerprint density at radius 1 is 1.28 bits per heavy atom. The van der Waals surface area contributed by atoms with E-state index in [0.717, 1.165) is 30.2 Å². The lowest BCUT2D eigenvalue weighted by molar-refractivity contribution is -0.124. The van der Waals surface area contributed by atoms with Crippen molar-refractivity contribution in [2.24, 2.45) is 5.41 Å². The first-order valence-corrected chi connectivity index (χ1v) is 8.52. The van der Waals surface area contributed by atoms with Crippen molar-refractivity contribution in [3.63, 3.8) is 0 Å². The van der Waals surface area contributed by atoms with Crippen molar-refractivity contribution in [1.29, 1.82) is 0 Å². The van der Waals surface area contributed by atoms with Crippen molar-refractivity contribution < 1.29 is 9.59 Å². The third-order valence-electron chi connectivity index (χ3n) is 4.44. The molecule has 1 atom stereocenters. The highest BCUT2D eigenvalue weighted by Gasteiger charge is 2.34. The van der Waals surface area contributed by atoms with Gasteiger partial charge in [-0.3, -0.25) is 14.5 Å². The molecular weight excluding hydrogens is 318 g/mol. The lowest BCUT2D eigenvalue weighted by Gasteiger charge is -2.30. The Morgan fingerprint density at radius 2 is 1.92 bits per heavy atom. The predicted octanol–water partition coefficient (Wildman–Crippen LogP) is 1.25. The van der Waals surface area contributed by atoms with Gasteiger partial charge in [-0.05, 0) is 25.0 Å². The molecule has 0 aromatic carbocycles. The zero-order valence-corrected chi connectivity index (χ0v) is 16.1. The first-order chi connectivity index (χ1) is 11.6. The average molecular weight is 347 g/mol. The van der Waals surface area contributed by atoms with Crippen molar-refractivity contribution in [2.75, 3.05) is 20.6 Å². The summed E-state index contributed by atoms with van der Waals surface area (Å²) < 4.78 is 2.06. The number of carbonyl (C=O) groups is 2. The number of amides is 2. The van der Waals surface area contributed by atoms with Gasteiger partial charge in [0.25, 0.3) is 5.91 Å². The molecule has 1 aromatic heterocycles. The number of nitrogens with zero attached hydrogens (tertiary/aromatic N) is 3. The van der Waals surface area contributed by atoms with Gasteiger partial charge in [0.15, 0.2) is 5.69 Å². The molecule has 7 nitrogen and oxygen atoms in total. The molecule has 2 heterocycles. The normalized spacial score (nSPS) is 16.1. The summed E-state index contributed by atoms with van der Waals surface area (Å²) in [5, 5.41) is 5.49. The van der Waals surface area contributed by atoms with E-state index in [4.69, 9.17) is 0 Å². The van der Waals surface area contributed by atoms with Gasteiger partial charge in [-0.15, -0.1) is 0 Å². The molecule has 0 aliphatic carbocycles. The average Bonchev–Trinajstić information content (AvgIpc) is 2.89. The van der Waals surface area contributed by atoms with Gasteiger partial charge in [0.1, 0.15) is 11.9 Å². The van der Waals surface area contributed by atoms with E-state index in [2.05, 4.69) is 31.7 Å². The lowest BCUT2D eigenvalue weighted by Crippen LogP contribution is -2.53. The number of imidazole rings is 1. The van der Waals surface area contributed by atoms with Crippen LogP contribution in [0, 0.1) is 5.41 Å². The number of fused-ring (bicyclic) bond motifs is 1. The zero-order valence-electron chi connectivity index (χ0n) is 16.1. The van der Waals surface area contributed by atoms with Gasteiger partial charge >= 0.3 is 0 Å². The Balaban J connectivity index is 2.39. The molecule has 1 aliphatic rings. The molecule has 0 saturated heterocycles. The van der Waals surface area contributed by atoms with Crippen LogP contribution in [0.2, 0.25) is 0 Å². The predicted molar refractivity (Wildman–Crippen MR) is 98.0 cm³/mol. The Kier molecular flexibility index (Phi) is 5.37. The Labute approximate surface area is 149 Å². The van der Waals surface area contributed by atoms with E-state index >= 15 is 0 Å². The van der Waals surface area contributed by atoms with Crippen LogP contribution in [0.5, 0.6) is 0 Å². The Hall–Kier alpha value is -2.15. The highest BCUT2D eigenvalue weighted by molar-refractivity contribution is 5.97. The molecule has 0 radical (unpaired) electrons. The second kappa shape index (κ2) is 7.00. The topological polar surface area (TPSA) is 79.3 Å². The van der Waals surface area contributed by atoms with E-state index in [0.29, 0.717) is 12.2 Å². The third-order valence-corrected chi connectivity index (χ3v) is 4.44. The van der Waals surface area contributed by atoms with Crippen LogP contribution >= 0.6 is 0 Å². The molecule has 1 aromatic rings. The molecule has 7 heteroatoms. The van der Waals surface area contributed by atoms with Gasteiger partial charge in [-0.25, -0.2) is 4.98 Å². The van der Waals surface area contributed by atoms with Crippen LogP contribution in [0.15, 0.2) is 6.58 Å². The second-order valence-electron chi connectivity index (χ2n) is 7.79. The van der Waals surface area contributed by atoms with Crippen LogP contribution in [0.3, 0.4) is 0 Å². The number of allylic oxidation sites excluding steroid dienone is 1. The molecule has 138 valence electrons. The lowest BCUT2D eigenvalue weighted by atomic mass is 9.86. The smallest absolute Gasteiger partial charge is 0.272 e. The largest absolute Gasteiger partial charge is 0.357 e. The second-order valence-corrected chi connectivity index (χ2v) is 7.79. The fourth-order valence-electron chi connectivity index (χ4n) is 3.02. The highest BCUT2D eigenvalue weighted by atomic mass is 16.2. The molecule has 1 unspecified atom stereocenters. The van der Waals surface area contributed by atoms with Crippen LogP contribution < -0.4 is 10.6 Å². The summed E-state index contributed by atoms with van der Waals surface area (Å²) >= 11 is 0. The number of likely N-dealkylation sites (N-methyl/N-ethyl adjacent to an activating group) is 2. The van der Waals surface area contributed by atoms with Crippen LogP contribution in [0.25, 0.3) is 5.57 Å². The summed E-state index contributed by atoms with van der Waals surface area (Å²) in [6.45, 7) is 13.9. The third kappa shape index (κ3) is 3.92. The number of hydrogen-bond acceptors (Lipinski definition) is 4. The number of carbonyl (C=O) groups excluding carboxylic acids is 2. The number of rotatable bonds is 4. The van der Waals surface area contributed by atoms with E-state index in [1.165, 1.54) is 0 Å². The van der Waals surface area contributed by atoms with Gasteiger partial charge in [-0.2, -0.15) is 0 Å². The first-order valence-electron chi connectivity index (χ1n) is 8.52. The summed E-state index contributed by atoms with van der Waals surface area (Å²) in [5.74, 6) is 0.196. The van der Waals surface area contributed by atoms with Gasteiger partial charge in [0.2, 0.25) is 5.91 Å². The van der Waals surface area contributed by atoms with Crippen molar-refractivity contribution in [3.8, 4) is 0 Å². The molecule has 0 fully saturated rings. The van der Waals surface area contributed by atoms with Crippen LogP contribution in [0.1, 0.15) is 49.7 Å². The summed E-state index contributed by atoms with van der Waals surface area (Å²) in [6.07, 6.45) is 0. The van der Waals surface area contributed by atoms with Gasteiger partial charge in [-0.1, -0.05) is 27.4 Å². The molecule has 25 heavy (non-hydrogen) atoms. The quantitative estimate of drug-likeness (QED) is 0.859. The maximum atomic E-state index is 12.9. The fourth-order valence-corrected chi connectivity index (χ4v) is 3.02.